The minimum Gasteiger partial charge on any atom is -0.381 e. The molecule has 0 bridgehead atoms. The van der Waals surface area contributed by atoms with Crippen molar-refractivity contribution in [2.24, 2.45) is 11.8 Å². The molecule has 1 saturated carbocycles. The predicted octanol–water partition coefficient (Wildman–Crippen LogP) is 4.35. The highest BCUT2D eigenvalue weighted by Gasteiger charge is 2.49. The van der Waals surface area contributed by atoms with Gasteiger partial charge >= 0.3 is 15.6 Å². The van der Waals surface area contributed by atoms with Crippen molar-refractivity contribution in [1.29, 1.82) is 0 Å². The number of allylic oxidation sites excluding steroid dienone is 1. The molecule has 9 heteroatoms. The Kier molecular flexibility index (Phi) is 7.21. The first kappa shape index (κ1) is 22.0. The second-order valence-electron chi connectivity index (χ2n) is 7.46. The molecule has 0 aromatic carbocycles. The number of amides is 1. The van der Waals surface area contributed by atoms with Crippen molar-refractivity contribution < 1.29 is 30.6 Å². The molecule has 156 valence electrons. The summed E-state index contributed by atoms with van der Waals surface area (Å²) in [6.07, 6.45) is 8.57. The van der Waals surface area contributed by atoms with Gasteiger partial charge in [-0.15, -0.1) is 0 Å². The molecule has 3 atom stereocenters. The van der Waals surface area contributed by atoms with E-state index in [0.29, 0.717) is 18.8 Å². The molecule has 0 aliphatic heterocycles. The summed E-state index contributed by atoms with van der Waals surface area (Å²) < 4.78 is 64.2. The quantitative estimate of drug-likeness (QED) is 0.461. The predicted molar refractivity (Wildman–Crippen MR) is 94.9 cm³/mol. The summed E-state index contributed by atoms with van der Waals surface area (Å²) in [6, 6.07) is 0.141. The molecule has 1 fully saturated rings. The molecule has 0 saturated heterocycles. The van der Waals surface area contributed by atoms with Gasteiger partial charge in [0, 0.05) is 19.5 Å². The summed E-state index contributed by atoms with van der Waals surface area (Å²) in [4.78, 5) is 14.6. The topological polar surface area (TPSA) is 63.7 Å². The van der Waals surface area contributed by atoms with Crippen LogP contribution in [0.15, 0.2) is 11.8 Å². The fourth-order valence-corrected chi connectivity index (χ4v) is 4.61. The van der Waals surface area contributed by atoms with Gasteiger partial charge < -0.3 is 9.08 Å². The highest BCUT2D eigenvalue weighted by atomic mass is 32.2. The fourth-order valence-electron chi connectivity index (χ4n) is 4.09. The van der Waals surface area contributed by atoms with Crippen LogP contribution in [0.4, 0.5) is 13.2 Å². The number of nitrogens with zero attached hydrogens (tertiary/aromatic N) is 1. The van der Waals surface area contributed by atoms with Crippen LogP contribution in [0.1, 0.15) is 64.7 Å². The van der Waals surface area contributed by atoms with Crippen molar-refractivity contribution in [3.05, 3.63) is 11.8 Å². The minimum absolute atomic E-state index is 0.0748. The molecule has 2 aliphatic rings. The Hall–Kier alpha value is -1.25. The fraction of sp³-hybridized carbons (Fsp3) is 0.833. The largest absolute Gasteiger partial charge is 0.534 e. The Morgan fingerprint density at radius 2 is 1.96 bits per heavy atom. The summed E-state index contributed by atoms with van der Waals surface area (Å²) in [5, 5.41) is 0. The van der Waals surface area contributed by atoms with Gasteiger partial charge in [0.05, 0.1) is 5.92 Å². The van der Waals surface area contributed by atoms with Crippen molar-refractivity contribution in [2.45, 2.75) is 76.3 Å². The van der Waals surface area contributed by atoms with Gasteiger partial charge in [-0.2, -0.15) is 21.6 Å². The Morgan fingerprint density at radius 3 is 2.59 bits per heavy atom. The lowest BCUT2D eigenvalue weighted by molar-refractivity contribution is -0.136. The molecule has 0 N–H and O–H groups in total. The minimum atomic E-state index is -5.69. The Morgan fingerprint density at radius 1 is 1.26 bits per heavy atom. The maximum Gasteiger partial charge on any atom is 0.534 e. The van der Waals surface area contributed by atoms with Crippen molar-refractivity contribution in [1.82, 2.24) is 4.90 Å². The first-order valence-corrected chi connectivity index (χ1v) is 11.0. The van der Waals surface area contributed by atoms with Crippen molar-refractivity contribution >= 4 is 16.0 Å². The van der Waals surface area contributed by atoms with E-state index in [1.165, 1.54) is 6.08 Å². The van der Waals surface area contributed by atoms with E-state index in [2.05, 4.69) is 11.1 Å². The smallest absolute Gasteiger partial charge is 0.381 e. The molecular weight excluding hydrogens is 383 g/mol. The zero-order chi connectivity index (χ0) is 20.2. The number of hydrogen-bond acceptors (Lipinski definition) is 4. The number of unbranched alkanes of at least 4 members (excludes halogenated alkanes) is 1. The average Bonchev–Trinajstić information content (AvgIpc) is 3.06. The summed E-state index contributed by atoms with van der Waals surface area (Å²) in [5.74, 6) is -0.657. The second-order valence-corrected chi connectivity index (χ2v) is 9.00. The van der Waals surface area contributed by atoms with Gasteiger partial charge in [0.2, 0.25) is 5.91 Å². The molecule has 0 aromatic rings. The Labute approximate surface area is 159 Å². The molecule has 0 aromatic heterocycles. The monoisotopic (exact) mass is 411 g/mol. The number of carbonyl (C=O) groups excluding carboxylic acids is 1. The molecule has 0 heterocycles. The molecule has 3 unspecified atom stereocenters. The van der Waals surface area contributed by atoms with Gasteiger partial charge in [-0.05, 0) is 44.1 Å². The van der Waals surface area contributed by atoms with E-state index in [-0.39, 0.29) is 24.1 Å². The van der Waals surface area contributed by atoms with Crippen LogP contribution < -0.4 is 0 Å². The van der Waals surface area contributed by atoms with Gasteiger partial charge in [0.1, 0.15) is 5.76 Å². The number of hydrogen-bond donors (Lipinski definition) is 0. The van der Waals surface area contributed by atoms with Crippen LogP contribution in [-0.4, -0.2) is 37.8 Å². The van der Waals surface area contributed by atoms with E-state index in [9.17, 15) is 26.4 Å². The van der Waals surface area contributed by atoms with E-state index in [1.807, 2.05) is 0 Å². The molecule has 2 rings (SSSR count). The second kappa shape index (κ2) is 8.84. The molecule has 1 amide bonds. The SMILES string of the molecule is CCCCC1CCCC1N(C)C(=O)C1C=C(OS(=O)(=O)C(F)(F)F)CCC1. The normalized spacial score (nSPS) is 26.6. The number of carbonyl (C=O) groups is 1. The van der Waals surface area contributed by atoms with Crippen LogP contribution >= 0.6 is 0 Å². The third-order valence-corrected chi connectivity index (χ3v) is 6.54. The van der Waals surface area contributed by atoms with Crippen LogP contribution in [0.3, 0.4) is 0 Å². The lowest BCUT2D eigenvalue weighted by Crippen LogP contribution is -2.42. The van der Waals surface area contributed by atoms with Gasteiger partial charge in [-0.25, -0.2) is 0 Å². The Balaban J connectivity index is 2.07. The van der Waals surface area contributed by atoms with E-state index < -0.39 is 21.5 Å². The molecule has 5 nitrogen and oxygen atoms in total. The highest BCUT2D eigenvalue weighted by Crippen LogP contribution is 2.36. The van der Waals surface area contributed by atoms with Crippen LogP contribution in [0.25, 0.3) is 0 Å². The van der Waals surface area contributed by atoms with Crippen molar-refractivity contribution in [2.75, 3.05) is 7.05 Å². The highest BCUT2D eigenvalue weighted by molar-refractivity contribution is 7.87. The van der Waals surface area contributed by atoms with Gasteiger partial charge in [-0.3, -0.25) is 4.79 Å². The molecular formula is C18H28F3NO4S. The summed E-state index contributed by atoms with van der Waals surface area (Å²) in [5.41, 5.74) is -5.47. The van der Waals surface area contributed by atoms with Gasteiger partial charge in [0.15, 0.2) is 0 Å². The third kappa shape index (κ3) is 5.39. The number of halogens is 3. The Bertz CT molecular complexity index is 660. The van der Waals surface area contributed by atoms with E-state index >= 15 is 0 Å². The first-order chi connectivity index (χ1) is 12.6. The lowest BCUT2D eigenvalue weighted by Gasteiger charge is -2.33. The zero-order valence-corrected chi connectivity index (χ0v) is 16.6. The standard InChI is InChI=1S/C18H28F3NO4S/c1-3-4-7-13-8-6-11-16(13)22(2)17(23)14-9-5-10-15(12-14)26-27(24,25)18(19,20)21/h12-14,16H,3-11H2,1-2H3. The average molecular weight is 411 g/mol. The van der Waals surface area contributed by atoms with Gasteiger partial charge in [-0.1, -0.05) is 26.2 Å². The first-order valence-electron chi connectivity index (χ1n) is 9.55. The number of rotatable bonds is 7. The van der Waals surface area contributed by atoms with E-state index in [0.717, 1.165) is 38.5 Å². The molecule has 27 heavy (non-hydrogen) atoms. The van der Waals surface area contributed by atoms with Crippen LogP contribution in [-0.2, 0) is 19.1 Å². The zero-order valence-electron chi connectivity index (χ0n) is 15.8. The third-order valence-electron chi connectivity index (χ3n) is 5.54. The summed E-state index contributed by atoms with van der Waals surface area (Å²) in [6.45, 7) is 2.13. The van der Waals surface area contributed by atoms with Crippen LogP contribution in [0, 0.1) is 11.8 Å². The number of alkyl halides is 3. The molecule has 0 spiro atoms. The lowest BCUT2D eigenvalue weighted by atomic mass is 9.91. The van der Waals surface area contributed by atoms with E-state index in [1.54, 1.807) is 11.9 Å². The maximum absolute atomic E-state index is 12.9. The summed E-state index contributed by atoms with van der Waals surface area (Å²) >= 11 is 0. The van der Waals surface area contributed by atoms with Crippen molar-refractivity contribution in [3.63, 3.8) is 0 Å². The molecule has 2 aliphatic carbocycles. The summed E-state index contributed by atoms with van der Waals surface area (Å²) in [7, 11) is -3.95. The van der Waals surface area contributed by atoms with E-state index in [4.69, 9.17) is 0 Å². The van der Waals surface area contributed by atoms with Crippen molar-refractivity contribution in [3.8, 4) is 0 Å². The van der Waals surface area contributed by atoms with Gasteiger partial charge in [0.25, 0.3) is 0 Å². The molecule has 0 radical (unpaired) electrons. The van der Waals surface area contributed by atoms with Crippen LogP contribution in [0.5, 0.6) is 0 Å². The maximum atomic E-state index is 12.9. The van der Waals surface area contributed by atoms with Crippen LogP contribution in [0.2, 0.25) is 0 Å².